The SMILES string of the molecule is O=S(=O)(Cc1ccccc1)Nc1ccc(-c2cn3ccccc3n2)cc1. The van der Waals surface area contributed by atoms with Crippen LogP contribution in [-0.2, 0) is 15.8 Å². The number of rotatable bonds is 5. The van der Waals surface area contributed by atoms with Gasteiger partial charge in [0.2, 0.25) is 10.0 Å². The largest absolute Gasteiger partial charge is 0.306 e. The molecule has 0 amide bonds. The van der Waals surface area contributed by atoms with Crippen molar-refractivity contribution in [3.05, 3.63) is 90.8 Å². The molecule has 2 aromatic heterocycles. The summed E-state index contributed by atoms with van der Waals surface area (Å²) >= 11 is 0. The van der Waals surface area contributed by atoms with Crippen LogP contribution in [0.1, 0.15) is 5.56 Å². The second-order valence-corrected chi connectivity index (χ2v) is 7.74. The molecule has 4 rings (SSSR count). The first-order chi connectivity index (χ1) is 12.6. The highest BCUT2D eigenvalue weighted by Crippen LogP contribution is 2.22. The fourth-order valence-corrected chi connectivity index (χ4v) is 3.99. The van der Waals surface area contributed by atoms with Crippen LogP contribution in [0.25, 0.3) is 16.9 Å². The van der Waals surface area contributed by atoms with Gasteiger partial charge in [-0.05, 0) is 29.8 Å². The molecule has 0 saturated heterocycles. The van der Waals surface area contributed by atoms with Gasteiger partial charge in [0.1, 0.15) is 5.65 Å². The van der Waals surface area contributed by atoms with Gasteiger partial charge in [-0.1, -0.05) is 48.5 Å². The summed E-state index contributed by atoms with van der Waals surface area (Å²) in [6.45, 7) is 0. The molecule has 130 valence electrons. The number of hydrogen-bond acceptors (Lipinski definition) is 3. The van der Waals surface area contributed by atoms with Gasteiger partial charge in [0, 0.05) is 23.6 Å². The lowest BCUT2D eigenvalue weighted by atomic mass is 10.1. The number of hydrogen-bond donors (Lipinski definition) is 1. The predicted molar refractivity (Wildman–Crippen MR) is 103 cm³/mol. The molecule has 0 bridgehead atoms. The summed E-state index contributed by atoms with van der Waals surface area (Å²) in [6, 6.07) is 22.2. The first kappa shape index (κ1) is 16.4. The smallest absolute Gasteiger partial charge is 0.236 e. The number of nitrogens with one attached hydrogen (secondary N) is 1. The summed E-state index contributed by atoms with van der Waals surface area (Å²) < 4.78 is 29.2. The lowest BCUT2D eigenvalue weighted by molar-refractivity contribution is 0.600. The van der Waals surface area contributed by atoms with Crippen molar-refractivity contribution in [2.75, 3.05) is 4.72 Å². The molecule has 2 aromatic carbocycles. The van der Waals surface area contributed by atoms with Gasteiger partial charge in [-0.15, -0.1) is 0 Å². The van der Waals surface area contributed by atoms with Gasteiger partial charge in [-0.2, -0.15) is 0 Å². The van der Waals surface area contributed by atoms with E-state index in [1.807, 2.05) is 65.3 Å². The summed E-state index contributed by atoms with van der Waals surface area (Å²) in [7, 11) is -3.46. The van der Waals surface area contributed by atoms with E-state index in [1.54, 1.807) is 24.3 Å². The monoisotopic (exact) mass is 363 g/mol. The molecule has 4 aromatic rings. The minimum absolute atomic E-state index is 0.0535. The van der Waals surface area contributed by atoms with Gasteiger partial charge < -0.3 is 4.40 Å². The Morgan fingerprint density at radius 2 is 1.62 bits per heavy atom. The molecule has 1 N–H and O–H groups in total. The zero-order valence-corrected chi connectivity index (χ0v) is 14.7. The third kappa shape index (κ3) is 3.60. The standard InChI is InChI=1S/C20H17N3O2S/c24-26(25,15-16-6-2-1-3-7-16)22-18-11-9-17(10-12-18)19-14-23-13-5-4-8-20(23)21-19/h1-14,22H,15H2. The van der Waals surface area contributed by atoms with Crippen molar-refractivity contribution in [3.8, 4) is 11.3 Å². The number of nitrogens with zero attached hydrogens (tertiary/aromatic N) is 2. The summed E-state index contributed by atoms with van der Waals surface area (Å²) in [4.78, 5) is 4.57. The van der Waals surface area contributed by atoms with Crippen molar-refractivity contribution in [2.45, 2.75) is 5.75 Å². The first-order valence-corrected chi connectivity index (χ1v) is 9.83. The Bertz CT molecular complexity index is 1100. The van der Waals surface area contributed by atoms with Crippen molar-refractivity contribution in [1.82, 2.24) is 9.38 Å². The van der Waals surface area contributed by atoms with Crippen LogP contribution in [-0.4, -0.2) is 17.8 Å². The minimum Gasteiger partial charge on any atom is -0.306 e. The Labute approximate surface area is 152 Å². The molecule has 6 heteroatoms. The second-order valence-electron chi connectivity index (χ2n) is 6.02. The normalized spacial score (nSPS) is 11.5. The van der Waals surface area contributed by atoms with Crippen LogP contribution in [0.3, 0.4) is 0 Å². The van der Waals surface area contributed by atoms with E-state index in [0.29, 0.717) is 5.69 Å². The Morgan fingerprint density at radius 3 is 2.35 bits per heavy atom. The summed E-state index contributed by atoms with van der Waals surface area (Å²) in [5.74, 6) is -0.0535. The lowest BCUT2D eigenvalue weighted by Crippen LogP contribution is -2.14. The summed E-state index contributed by atoms with van der Waals surface area (Å²) in [5, 5.41) is 0. The molecule has 0 fully saturated rings. The maximum absolute atomic E-state index is 12.3. The number of fused-ring (bicyclic) bond motifs is 1. The Morgan fingerprint density at radius 1 is 0.885 bits per heavy atom. The van der Waals surface area contributed by atoms with E-state index in [4.69, 9.17) is 0 Å². The molecule has 0 atom stereocenters. The molecule has 0 spiro atoms. The van der Waals surface area contributed by atoms with Gasteiger partial charge >= 0.3 is 0 Å². The van der Waals surface area contributed by atoms with Crippen LogP contribution in [0.2, 0.25) is 0 Å². The van der Waals surface area contributed by atoms with E-state index in [9.17, 15) is 8.42 Å². The number of imidazole rings is 1. The fraction of sp³-hybridized carbons (Fsp3) is 0.0500. The predicted octanol–water partition coefficient (Wildman–Crippen LogP) is 3.94. The van der Waals surface area contributed by atoms with E-state index in [1.165, 1.54) is 0 Å². The zero-order chi connectivity index (χ0) is 18.0. The average Bonchev–Trinajstić information content (AvgIpc) is 3.06. The maximum atomic E-state index is 12.3. The molecular formula is C20H17N3O2S. The van der Waals surface area contributed by atoms with Crippen LogP contribution < -0.4 is 4.72 Å². The highest BCUT2D eigenvalue weighted by atomic mass is 32.2. The summed E-state index contributed by atoms with van der Waals surface area (Å²) in [6.07, 6.45) is 3.89. The van der Waals surface area contributed by atoms with E-state index >= 15 is 0 Å². The third-order valence-corrected chi connectivity index (χ3v) is 5.28. The maximum Gasteiger partial charge on any atom is 0.236 e. The molecule has 2 heterocycles. The molecule has 0 radical (unpaired) electrons. The highest BCUT2D eigenvalue weighted by molar-refractivity contribution is 7.91. The Balaban J connectivity index is 1.52. The number of benzene rings is 2. The van der Waals surface area contributed by atoms with E-state index in [0.717, 1.165) is 22.5 Å². The first-order valence-electron chi connectivity index (χ1n) is 8.18. The minimum atomic E-state index is -3.46. The second kappa shape index (κ2) is 6.65. The van der Waals surface area contributed by atoms with Crippen molar-refractivity contribution in [3.63, 3.8) is 0 Å². The van der Waals surface area contributed by atoms with Crippen LogP contribution in [0.15, 0.2) is 85.2 Å². The van der Waals surface area contributed by atoms with Gasteiger partial charge in [-0.25, -0.2) is 13.4 Å². The highest BCUT2D eigenvalue weighted by Gasteiger charge is 2.12. The number of aromatic nitrogens is 2. The van der Waals surface area contributed by atoms with Crippen LogP contribution in [0.5, 0.6) is 0 Å². The fourth-order valence-electron chi connectivity index (χ4n) is 2.79. The third-order valence-electron chi connectivity index (χ3n) is 4.02. The van der Waals surface area contributed by atoms with Gasteiger partial charge in [0.15, 0.2) is 0 Å². The molecule has 0 aliphatic carbocycles. The molecular weight excluding hydrogens is 346 g/mol. The number of anilines is 1. The van der Waals surface area contributed by atoms with E-state index in [-0.39, 0.29) is 5.75 Å². The molecule has 5 nitrogen and oxygen atoms in total. The van der Waals surface area contributed by atoms with Crippen LogP contribution in [0, 0.1) is 0 Å². The average molecular weight is 363 g/mol. The quantitative estimate of drug-likeness (QED) is 0.584. The number of pyridine rings is 1. The zero-order valence-electron chi connectivity index (χ0n) is 13.9. The van der Waals surface area contributed by atoms with Gasteiger partial charge in [0.05, 0.1) is 11.4 Å². The van der Waals surface area contributed by atoms with E-state index in [2.05, 4.69) is 9.71 Å². The van der Waals surface area contributed by atoms with Crippen molar-refractivity contribution < 1.29 is 8.42 Å². The summed E-state index contributed by atoms with van der Waals surface area (Å²) in [5.41, 5.74) is 3.93. The Hall–Kier alpha value is -3.12. The lowest BCUT2D eigenvalue weighted by Gasteiger charge is -2.08. The molecule has 0 aliphatic rings. The van der Waals surface area contributed by atoms with Crippen LogP contribution >= 0.6 is 0 Å². The van der Waals surface area contributed by atoms with E-state index < -0.39 is 10.0 Å². The number of sulfonamides is 1. The topological polar surface area (TPSA) is 63.5 Å². The molecule has 0 saturated carbocycles. The van der Waals surface area contributed by atoms with Crippen molar-refractivity contribution in [2.24, 2.45) is 0 Å². The van der Waals surface area contributed by atoms with Crippen molar-refractivity contribution >= 4 is 21.4 Å². The molecule has 0 unspecified atom stereocenters. The van der Waals surface area contributed by atoms with Gasteiger partial charge in [0.25, 0.3) is 0 Å². The van der Waals surface area contributed by atoms with Crippen molar-refractivity contribution in [1.29, 1.82) is 0 Å². The van der Waals surface area contributed by atoms with Gasteiger partial charge in [-0.3, -0.25) is 4.72 Å². The van der Waals surface area contributed by atoms with Crippen LogP contribution in [0.4, 0.5) is 5.69 Å². The molecule has 0 aliphatic heterocycles. The molecule has 26 heavy (non-hydrogen) atoms. The Kier molecular flexibility index (Phi) is 4.18.